The van der Waals surface area contributed by atoms with Crippen molar-refractivity contribution in [1.29, 1.82) is 0 Å². The summed E-state index contributed by atoms with van der Waals surface area (Å²) in [4.78, 5) is 11.0. The van der Waals surface area contributed by atoms with Crippen molar-refractivity contribution in [3.63, 3.8) is 0 Å². The van der Waals surface area contributed by atoms with Gasteiger partial charge in [0.25, 0.3) is 0 Å². The zero-order valence-electron chi connectivity index (χ0n) is 12.1. The molecule has 1 atom stereocenters. The SMILES string of the molecule is CC(O)(C(=O)O)c1ccc(-c2ccccc2)cc1S(C)(=O)=O. The molecule has 0 saturated carbocycles. The summed E-state index contributed by atoms with van der Waals surface area (Å²) in [6.07, 6.45) is 0.985. The molecule has 0 aromatic heterocycles. The maximum atomic E-state index is 12.0. The minimum Gasteiger partial charge on any atom is -0.479 e. The number of carbonyl (C=O) groups is 1. The Morgan fingerprint density at radius 1 is 1.05 bits per heavy atom. The average Bonchev–Trinajstić information content (AvgIpc) is 2.46. The van der Waals surface area contributed by atoms with E-state index in [1.807, 2.05) is 30.3 Å². The van der Waals surface area contributed by atoms with Gasteiger partial charge in [-0.3, -0.25) is 0 Å². The van der Waals surface area contributed by atoms with E-state index in [4.69, 9.17) is 5.11 Å². The third-order valence-corrected chi connectivity index (χ3v) is 4.57. The van der Waals surface area contributed by atoms with Crippen LogP contribution in [0.5, 0.6) is 0 Å². The fourth-order valence-electron chi connectivity index (χ4n) is 2.16. The van der Waals surface area contributed by atoms with Crippen molar-refractivity contribution in [2.24, 2.45) is 0 Å². The standard InChI is InChI=1S/C16H16O5S/c1-16(19,15(17)18)13-9-8-12(10-14(13)22(2,20)21)11-6-4-3-5-7-11/h3-10,19H,1-2H3,(H,17,18). The molecular formula is C16H16O5S. The lowest BCUT2D eigenvalue weighted by atomic mass is 9.94. The van der Waals surface area contributed by atoms with E-state index in [9.17, 15) is 18.3 Å². The zero-order chi connectivity index (χ0) is 16.5. The second kappa shape index (κ2) is 5.55. The monoisotopic (exact) mass is 320 g/mol. The summed E-state index contributed by atoms with van der Waals surface area (Å²) in [5.74, 6) is -1.51. The van der Waals surface area contributed by atoms with Gasteiger partial charge in [0.2, 0.25) is 0 Å². The normalized spacial score (nSPS) is 14.3. The van der Waals surface area contributed by atoms with Gasteiger partial charge < -0.3 is 10.2 Å². The van der Waals surface area contributed by atoms with Crippen molar-refractivity contribution in [2.45, 2.75) is 17.4 Å². The van der Waals surface area contributed by atoms with E-state index in [1.54, 1.807) is 6.07 Å². The van der Waals surface area contributed by atoms with Gasteiger partial charge in [-0.05, 0) is 24.1 Å². The molecule has 2 rings (SSSR count). The van der Waals surface area contributed by atoms with Crippen LogP contribution >= 0.6 is 0 Å². The summed E-state index contributed by atoms with van der Waals surface area (Å²) in [7, 11) is -3.70. The lowest BCUT2D eigenvalue weighted by molar-refractivity contribution is -0.157. The number of carboxylic acids is 1. The van der Waals surface area contributed by atoms with Gasteiger partial charge in [-0.2, -0.15) is 0 Å². The summed E-state index contributed by atoms with van der Waals surface area (Å²) in [5.41, 5.74) is -1.00. The molecule has 0 spiro atoms. The first-order chi connectivity index (χ1) is 10.1. The van der Waals surface area contributed by atoms with Crippen molar-refractivity contribution in [2.75, 3.05) is 6.26 Å². The largest absolute Gasteiger partial charge is 0.479 e. The van der Waals surface area contributed by atoms with E-state index in [0.29, 0.717) is 5.56 Å². The van der Waals surface area contributed by atoms with Gasteiger partial charge in [-0.25, -0.2) is 13.2 Å². The minimum absolute atomic E-state index is 0.151. The van der Waals surface area contributed by atoms with E-state index in [1.165, 1.54) is 12.1 Å². The van der Waals surface area contributed by atoms with Crippen LogP contribution in [0.4, 0.5) is 0 Å². The fourth-order valence-corrected chi connectivity index (χ4v) is 3.16. The predicted octanol–water partition coefficient (Wildman–Crippen LogP) is 2.05. The maximum Gasteiger partial charge on any atom is 0.340 e. The fraction of sp³-hybridized carbons (Fsp3) is 0.188. The first kappa shape index (κ1) is 16.2. The summed E-state index contributed by atoms with van der Waals surface area (Å²) >= 11 is 0. The predicted molar refractivity (Wildman–Crippen MR) is 82.2 cm³/mol. The molecule has 0 aliphatic heterocycles. The van der Waals surface area contributed by atoms with Gasteiger partial charge >= 0.3 is 5.97 Å². The third-order valence-electron chi connectivity index (χ3n) is 3.43. The molecule has 2 N–H and O–H groups in total. The Bertz CT molecular complexity index is 808. The number of carboxylic acid groups (broad SMARTS) is 1. The molecule has 0 heterocycles. The van der Waals surface area contributed by atoms with E-state index >= 15 is 0 Å². The third kappa shape index (κ3) is 3.03. The van der Waals surface area contributed by atoms with E-state index < -0.39 is 21.4 Å². The van der Waals surface area contributed by atoms with Crippen molar-refractivity contribution in [3.8, 4) is 11.1 Å². The molecule has 2 aromatic rings. The molecule has 22 heavy (non-hydrogen) atoms. The number of hydrogen-bond acceptors (Lipinski definition) is 4. The maximum absolute atomic E-state index is 12.0. The number of sulfone groups is 1. The second-order valence-corrected chi connectivity index (χ2v) is 7.21. The number of benzene rings is 2. The average molecular weight is 320 g/mol. The Labute approximate surface area is 128 Å². The molecule has 0 aliphatic rings. The highest BCUT2D eigenvalue weighted by atomic mass is 32.2. The molecule has 0 bridgehead atoms. The number of rotatable bonds is 4. The Morgan fingerprint density at radius 2 is 1.64 bits per heavy atom. The highest BCUT2D eigenvalue weighted by molar-refractivity contribution is 7.90. The molecule has 0 fully saturated rings. The summed E-state index contributed by atoms with van der Waals surface area (Å²) in [5, 5.41) is 19.2. The van der Waals surface area contributed by atoms with Crippen molar-refractivity contribution in [3.05, 3.63) is 54.1 Å². The van der Waals surface area contributed by atoms with Gasteiger partial charge in [0.1, 0.15) is 0 Å². The highest BCUT2D eigenvalue weighted by Crippen LogP contribution is 2.32. The highest BCUT2D eigenvalue weighted by Gasteiger charge is 2.36. The van der Waals surface area contributed by atoms with E-state index in [2.05, 4.69) is 0 Å². The molecule has 0 amide bonds. The smallest absolute Gasteiger partial charge is 0.340 e. The number of hydrogen-bond donors (Lipinski definition) is 2. The molecule has 2 aromatic carbocycles. The van der Waals surface area contributed by atoms with Gasteiger partial charge in [-0.1, -0.05) is 42.5 Å². The van der Waals surface area contributed by atoms with Crippen molar-refractivity contribution < 1.29 is 23.4 Å². The Kier molecular flexibility index (Phi) is 4.08. The molecule has 0 aliphatic carbocycles. The molecular weight excluding hydrogens is 304 g/mol. The first-order valence-electron chi connectivity index (χ1n) is 6.50. The molecule has 0 radical (unpaired) electrons. The van der Waals surface area contributed by atoms with Crippen LogP contribution in [-0.4, -0.2) is 30.9 Å². The van der Waals surface area contributed by atoms with Crippen LogP contribution in [0.2, 0.25) is 0 Å². The minimum atomic E-state index is -3.70. The van der Waals surface area contributed by atoms with E-state index in [-0.39, 0.29) is 10.5 Å². The summed E-state index contributed by atoms with van der Waals surface area (Å²) < 4.78 is 24.0. The van der Waals surface area contributed by atoms with Crippen LogP contribution in [0, 0.1) is 0 Å². The topological polar surface area (TPSA) is 91.7 Å². The Balaban J connectivity index is 2.72. The van der Waals surface area contributed by atoms with Gasteiger partial charge in [0, 0.05) is 11.8 Å². The molecule has 5 nitrogen and oxygen atoms in total. The van der Waals surface area contributed by atoms with Crippen molar-refractivity contribution >= 4 is 15.8 Å². The van der Waals surface area contributed by atoms with Gasteiger partial charge in [0.15, 0.2) is 15.4 Å². The lowest BCUT2D eigenvalue weighted by Gasteiger charge is -2.22. The van der Waals surface area contributed by atoms with Crippen LogP contribution in [0.3, 0.4) is 0 Å². The molecule has 116 valence electrons. The number of aliphatic hydroxyl groups is 1. The molecule has 0 saturated heterocycles. The van der Waals surface area contributed by atoms with E-state index in [0.717, 1.165) is 18.7 Å². The lowest BCUT2D eigenvalue weighted by Crippen LogP contribution is -2.33. The van der Waals surface area contributed by atoms with Crippen LogP contribution in [-0.2, 0) is 20.2 Å². The summed E-state index contributed by atoms with van der Waals surface area (Å²) in [6.45, 7) is 1.06. The second-order valence-electron chi connectivity index (χ2n) is 5.23. The summed E-state index contributed by atoms with van der Waals surface area (Å²) in [6, 6.07) is 13.4. The Morgan fingerprint density at radius 3 is 2.14 bits per heavy atom. The molecule has 6 heteroatoms. The van der Waals surface area contributed by atoms with Crippen molar-refractivity contribution in [1.82, 2.24) is 0 Å². The van der Waals surface area contributed by atoms with Crippen LogP contribution in [0.25, 0.3) is 11.1 Å². The Hall–Kier alpha value is -2.18. The van der Waals surface area contributed by atoms with Gasteiger partial charge in [0.05, 0.1) is 4.90 Å². The zero-order valence-corrected chi connectivity index (χ0v) is 13.0. The van der Waals surface area contributed by atoms with Crippen LogP contribution < -0.4 is 0 Å². The van der Waals surface area contributed by atoms with Gasteiger partial charge in [-0.15, -0.1) is 0 Å². The van der Waals surface area contributed by atoms with Crippen LogP contribution in [0.1, 0.15) is 12.5 Å². The van der Waals surface area contributed by atoms with Crippen LogP contribution in [0.15, 0.2) is 53.4 Å². The number of aliphatic carboxylic acids is 1. The molecule has 1 unspecified atom stereocenters. The quantitative estimate of drug-likeness (QED) is 0.899. The first-order valence-corrected chi connectivity index (χ1v) is 8.39.